The summed E-state index contributed by atoms with van der Waals surface area (Å²) in [6, 6.07) is 19.8. The lowest BCUT2D eigenvalue weighted by molar-refractivity contribution is 0.321. The molecule has 0 spiro atoms. The molecule has 2 rings (SSSR count). The minimum Gasteiger partial charge on any atom is -0.410 e. The molecule has 0 saturated carbocycles. The van der Waals surface area contributed by atoms with Crippen molar-refractivity contribution in [1.29, 1.82) is 0 Å². The Kier molecular flexibility index (Phi) is 4.22. The smallest absolute Gasteiger partial charge is 0.143 e. The van der Waals surface area contributed by atoms with Crippen LogP contribution < -0.4 is 0 Å². The zero-order valence-electron chi connectivity index (χ0n) is 9.28. The van der Waals surface area contributed by atoms with Gasteiger partial charge in [-0.1, -0.05) is 77.6 Å². The summed E-state index contributed by atoms with van der Waals surface area (Å²) >= 11 is 1.53. The van der Waals surface area contributed by atoms with Gasteiger partial charge in [0.25, 0.3) is 0 Å². The molecule has 0 radical (unpaired) electrons. The maximum Gasteiger partial charge on any atom is 0.143 e. The van der Waals surface area contributed by atoms with Crippen LogP contribution in [0.5, 0.6) is 0 Å². The minimum absolute atomic E-state index is 0.648. The molecule has 0 heterocycles. The van der Waals surface area contributed by atoms with Crippen molar-refractivity contribution in [2.24, 2.45) is 5.16 Å². The Morgan fingerprint density at radius 1 is 0.941 bits per heavy atom. The molecule has 0 fully saturated rings. The van der Waals surface area contributed by atoms with E-state index in [2.05, 4.69) is 17.3 Å². The van der Waals surface area contributed by atoms with Gasteiger partial charge in [-0.2, -0.15) is 0 Å². The van der Waals surface area contributed by atoms with E-state index in [1.165, 1.54) is 17.3 Å². The molecule has 2 aromatic rings. The standard InChI is InChI=1S/C14H13NOS/c16-15-14(13-9-5-2-6-10-13)17-11-12-7-3-1-4-8-12/h1-10,16H,11H2/b15-14+. The summed E-state index contributed by atoms with van der Waals surface area (Å²) in [5.74, 6) is 0.801. The van der Waals surface area contributed by atoms with E-state index in [9.17, 15) is 0 Å². The lowest BCUT2D eigenvalue weighted by Gasteiger charge is -2.04. The highest BCUT2D eigenvalue weighted by Gasteiger charge is 2.04. The Morgan fingerprint density at radius 2 is 1.53 bits per heavy atom. The highest BCUT2D eigenvalue weighted by molar-refractivity contribution is 8.13. The van der Waals surface area contributed by atoms with Crippen LogP contribution in [-0.2, 0) is 5.75 Å². The maximum absolute atomic E-state index is 9.02. The van der Waals surface area contributed by atoms with Crippen LogP contribution in [0.25, 0.3) is 0 Å². The Hall–Kier alpha value is -1.74. The van der Waals surface area contributed by atoms with E-state index in [4.69, 9.17) is 5.21 Å². The highest BCUT2D eigenvalue weighted by Crippen LogP contribution is 2.18. The quantitative estimate of drug-likeness (QED) is 0.385. The third-order valence-corrected chi connectivity index (χ3v) is 3.40. The SMILES string of the molecule is O/N=C(/SCc1ccccc1)c1ccccc1. The highest BCUT2D eigenvalue weighted by atomic mass is 32.2. The van der Waals surface area contributed by atoms with Crippen LogP contribution in [0.15, 0.2) is 65.8 Å². The lowest BCUT2D eigenvalue weighted by Crippen LogP contribution is -1.96. The second-order valence-electron chi connectivity index (χ2n) is 3.55. The summed E-state index contributed by atoms with van der Waals surface area (Å²) in [6.07, 6.45) is 0. The van der Waals surface area contributed by atoms with Gasteiger partial charge in [-0.15, -0.1) is 0 Å². The Morgan fingerprint density at radius 3 is 2.12 bits per heavy atom. The van der Waals surface area contributed by atoms with Crippen LogP contribution >= 0.6 is 11.8 Å². The van der Waals surface area contributed by atoms with Crippen LogP contribution in [-0.4, -0.2) is 10.3 Å². The number of benzene rings is 2. The van der Waals surface area contributed by atoms with E-state index in [1.54, 1.807) is 0 Å². The molecule has 86 valence electrons. The monoisotopic (exact) mass is 243 g/mol. The maximum atomic E-state index is 9.02. The van der Waals surface area contributed by atoms with E-state index in [0.717, 1.165) is 11.3 Å². The van der Waals surface area contributed by atoms with E-state index in [1.807, 2.05) is 48.5 Å². The molecule has 0 aliphatic rings. The summed E-state index contributed by atoms with van der Waals surface area (Å²) in [4.78, 5) is 0. The number of rotatable bonds is 3. The van der Waals surface area contributed by atoms with Gasteiger partial charge in [-0.25, -0.2) is 0 Å². The third kappa shape index (κ3) is 3.36. The molecule has 0 amide bonds. The van der Waals surface area contributed by atoms with Crippen LogP contribution in [0.1, 0.15) is 11.1 Å². The van der Waals surface area contributed by atoms with Crippen LogP contribution in [0.3, 0.4) is 0 Å². The molecule has 2 nitrogen and oxygen atoms in total. The first-order valence-corrected chi connectivity index (χ1v) is 6.33. The molecule has 0 aliphatic carbocycles. The second kappa shape index (κ2) is 6.11. The first-order valence-electron chi connectivity index (χ1n) is 5.34. The summed E-state index contributed by atoms with van der Waals surface area (Å²) in [5.41, 5.74) is 2.16. The fraction of sp³-hybridized carbons (Fsp3) is 0.0714. The van der Waals surface area contributed by atoms with Gasteiger partial charge in [0.2, 0.25) is 0 Å². The van der Waals surface area contributed by atoms with Crippen molar-refractivity contribution in [3.8, 4) is 0 Å². The fourth-order valence-corrected chi connectivity index (χ4v) is 2.33. The van der Waals surface area contributed by atoms with Crippen molar-refractivity contribution in [1.82, 2.24) is 0 Å². The Labute approximate surface area is 105 Å². The average Bonchev–Trinajstić information content (AvgIpc) is 2.42. The van der Waals surface area contributed by atoms with Crippen molar-refractivity contribution in [2.45, 2.75) is 5.75 Å². The van der Waals surface area contributed by atoms with Crippen LogP contribution in [0, 0.1) is 0 Å². The van der Waals surface area contributed by atoms with E-state index < -0.39 is 0 Å². The average molecular weight is 243 g/mol. The number of hydrogen-bond donors (Lipinski definition) is 1. The predicted octanol–water partition coefficient (Wildman–Crippen LogP) is 3.76. The Balaban J connectivity index is 2.03. The molecule has 2 aromatic carbocycles. The van der Waals surface area contributed by atoms with Gasteiger partial charge in [0.05, 0.1) is 0 Å². The largest absolute Gasteiger partial charge is 0.410 e. The molecule has 17 heavy (non-hydrogen) atoms. The van der Waals surface area contributed by atoms with Gasteiger partial charge >= 0.3 is 0 Å². The molecule has 0 saturated heterocycles. The number of oxime groups is 1. The summed E-state index contributed by atoms with van der Waals surface area (Å²) in [5, 5.41) is 13.0. The number of hydrogen-bond acceptors (Lipinski definition) is 3. The number of thioether (sulfide) groups is 1. The molecule has 0 bridgehead atoms. The van der Waals surface area contributed by atoms with Crippen molar-refractivity contribution in [3.05, 3.63) is 71.8 Å². The summed E-state index contributed by atoms with van der Waals surface area (Å²) in [6.45, 7) is 0. The normalized spacial score (nSPS) is 11.4. The van der Waals surface area contributed by atoms with Gasteiger partial charge in [-0.3, -0.25) is 0 Å². The van der Waals surface area contributed by atoms with Crippen LogP contribution in [0.4, 0.5) is 0 Å². The number of nitrogens with zero attached hydrogens (tertiary/aromatic N) is 1. The van der Waals surface area contributed by atoms with Gasteiger partial charge in [0.15, 0.2) is 0 Å². The summed E-state index contributed by atoms with van der Waals surface area (Å²) in [7, 11) is 0. The predicted molar refractivity (Wildman–Crippen MR) is 72.5 cm³/mol. The lowest BCUT2D eigenvalue weighted by atomic mass is 10.2. The van der Waals surface area contributed by atoms with Gasteiger partial charge < -0.3 is 5.21 Å². The van der Waals surface area contributed by atoms with Crippen molar-refractivity contribution < 1.29 is 5.21 Å². The molecule has 0 aliphatic heterocycles. The molecule has 1 N–H and O–H groups in total. The van der Waals surface area contributed by atoms with Crippen LogP contribution in [0.2, 0.25) is 0 Å². The van der Waals surface area contributed by atoms with E-state index >= 15 is 0 Å². The fourth-order valence-electron chi connectivity index (χ4n) is 1.48. The van der Waals surface area contributed by atoms with Crippen molar-refractivity contribution in [3.63, 3.8) is 0 Å². The first-order chi connectivity index (χ1) is 8.40. The zero-order valence-corrected chi connectivity index (χ0v) is 10.1. The van der Waals surface area contributed by atoms with Gasteiger partial charge in [-0.05, 0) is 5.56 Å². The molecule has 0 aromatic heterocycles. The molecular weight excluding hydrogens is 230 g/mol. The second-order valence-corrected chi connectivity index (χ2v) is 4.51. The third-order valence-electron chi connectivity index (χ3n) is 2.33. The van der Waals surface area contributed by atoms with Crippen molar-refractivity contribution >= 4 is 16.8 Å². The topological polar surface area (TPSA) is 32.6 Å². The van der Waals surface area contributed by atoms with E-state index in [-0.39, 0.29) is 0 Å². The zero-order chi connectivity index (χ0) is 11.9. The summed E-state index contributed by atoms with van der Waals surface area (Å²) < 4.78 is 0. The Bertz CT molecular complexity index is 482. The van der Waals surface area contributed by atoms with E-state index in [0.29, 0.717) is 5.04 Å². The van der Waals surface area contributed by atoms with Gasteiger partial charge in [0, 0.05) is 11.3 Å². The van der Waals surface area contributed by atoms with Gasteiger partial charge in [0.1, 0.15) is 5.04 Å². The van der Waals surface area contributed by atoms with Crippen molar-refractivity contribution in [2.75, 3.05) is 0 Å². The molecule has 0 atom stereocenters. The minimum atomic E-state index is 0.648. The first kappa shape index (κ1) is 11.7. The molecular formula is C14H13NOS. The molecule has 3 heteroatoms. The molecule has 0 unspecified atom stereocenters.